The van der Waals surface area contributed by atoms with Crippen LogP contribution in [0.1, 0.15) is 73.1 Å². The van der Waals surface area contributed by atoms with E-state index in [9.17, 15) is 5.11 Å². The van der Waals surface area contributed by atoms with Gasteiger partial charge in [0.1, 0.15) is 0 Å². The van der Waals surface area contributed by atoms with Gasteiger partial charge in [0, 0.05) is 23.7 Å². The molecule has 1 saturated heterocycles. The van der Waals surface area contributed by atoms with Gasteiger partial charge in [0.15, 0.2) is 0 Å². The first-order valence-electron chi connectivity index (χ1n) is 8.56. The third kappa shape index (κ3) is 5.34. The lowest BCUT2D eigenvalue weighted by atomic mass is 9.91. The Morgan fingerprint density at radius 3 is 2.50 bits per heavy atom. The lowest BCUT2D eigenvalue weighted by Crippen LogP contribution is -2.54. The standard InChI is InChI=1S/C17H36N2O/c1-6-16-10-8-7-9-11-19(16)15(4)12-17(5,13-20)18-14(2)3/h14-16,18,20H,6-13H2,1-5H3. The van der Waals surface area contributed by atoms with Crippen LogP contribution in [0.4, 0.5) is 0 Å². The minimum Gasteiger partial charge on any atom is -0.394 e. The zero-order valence-electron chi connectivity index (χ0n) is 14.3. The van der Waals surface area contributed by atoms with Crippen LogP contribution in [0.15, 0.2) is 0 Å². The molecule has 120 valence electrons. The molecule has 2 N–H and O–H groups in total. The highest BCUT2D eigenvalue weighted by atomic mass is 16.3. The van der Waals surface area contributed by atoms with E-state index in [1.54, 1.807) is 0 Å². The van der Waals surface area contributed by atoms with Crippen LogP contribution in [0, 0.1) is 0 Å². The molecule has 0 bridgehead atoms. The highest BCUT2D eigenvalue weighted by Gasteiger charge is 2.31. The van der Waals surface area contributed by atoms with Gasteiger partial charge in [-0.15, -0.1) is 0 Å². The molecule has 0 spiro atoms. The number of rotatable bonds is 7. The molecule has 0 radical (unpaired) electrons. The van der Waals surface area contributed by atoms with Gasteiger partial charge < -0.3 is 10.4 Å². The molecule has 3 heteroatoms. The smallest absolute Gasteiger partial charge is 0.0611 e. The van der Waals surface area contributed by atoms with Crippen molar-refractivity contribution in [3.05, 3.63) is 0 Å². The molecule has 0 aliphatic carbocycles. The van der Waals surface area contributed by atoms with Crippen LogP contribution in [0.5, 0.6) is 0 Å². The van der Waals surface area contributed by atoms with Crippen LogP contribution in [-0.2, 0) is 0 Å². The molecule has 1 rings (SSSR count). The molecule has 0 saturated carbocycles. The zero-order chi connectivity index (χ0) is 15.2. The van der Waals surface area contributed by atoms with Crippen molar-refractivity contribution in [1.82, 2.24) is 10.2 Å². The predicted octanol–water partition coefficient (Wildman–Crippen LogP) is 3.17. The van der Waals surface area contributed by atoms with Crippen LogP contribution in [0.2, 0.25) is 0 Å². The quantitative estimate of drug-likeness (QED) is 0.754. The van der Waals surface area contributed by atoms with Crippen molar-refractivity contribution >= 4 is 0 Å². The molecule has 0 amide bonds. The molecule has 1 heterocycles. The fourth-order valence-electron chi connectivity index (χ4n) is 3.85. The first-order valence-corrected chi connectivity index (χ1v) is 8.56. The van der Waals surface area contributed by atoms with Gasteiger partial charge in [-0.2, -0.15) is 0 Å². The van der Waals surface area contributed by atoms with Gasteiger partial charge >= 0.3 is 0 Å². The molecular weight excluding hydrogens is 248 g/mol. The molecule has 3 nitrogen and oxygen atoms in total. The molecule has 0 aromatic carbocycles. The van der Waals surface area contributed by atoms with E-state index in [0.29, 0.717) is 12.1 Å². The van der Waals surface area contributed by atoms with E-state index in [2.05, 4.69) is 44.8 Å². The fraction of sp³-hybridized carbons (Fsp3) is 1.00. The molecule has 3 atom stereocenters. The summed E-state index contributed by atoms with van der Waals surface area (Å²) in [6.07, 6.45) is 7.68. The zero-order valence-corrected chi connectivity index (χ0v) is 14.3. The molecule has 1 aliphatic rings. The first-order chi connectivity index (χ1) is 9.41. The second-order valence-electron chi connectivity index (χ2n) is 7.22. The van der Waals surface area contributed by atoms with Crippen molar-refractivity contribution in [3.63, 3.8) is 0 Å². The van der Waals surface area contributed by atoms with Crippen molar-refractivity contribution < 1.29 is 5.11 Å². The number of nitrogens with one attached hydrogen (secondary N) is 1. The highest BCUT2D eigenvalue weighted by Crippen LogP contribution is 2.25. The van der Waals surface area contributed by atoms with Crippen molar-refractivity contribution in [2.45, 2.75) is 96.8 Å². The maximum atomic E-state index is 9.78. The number of likely N-dealkylation sites (tertiary alicyclic amines) is 1. The van der Waals surface area contributed by atoms with Gasteiger partial charge in [0.25, 0.3) is 0 Å². The van der Waals surface area contributed by atoms with E-state index in [-0.39, 0.29) is 12.1 Å². The Morgan fingerprint density at radius 2 is 1.95 bits per heavy atom. The predicted molar refractivity (Wildman–Crippen MR) is 87.1 cm³/mol. The van der Waals surface area contributed by atoms with Gasteiger partial charge in [-0.1, -0.05) is 33.6 Å². The Balaban J connectivity index is 2.68. The maximum Gasteiger partial charge on any atom is 0.0611 e. The van der Waals surface area contributed by atoms with Gasteiger partial charge in [-0.25, -0.2) is 0 Å². The van der Waals surface area contributed by atoms with E-state index in [1.165, 1.54) is 38.6 Å². The summed E-state index contributed by atoms with van der Waals surface area (Å²) in [6, 6.07) is 1.67. The Hall–Kier alpha value is -0.120. The van der Waals surface area contributed by atoms with Crippen LogP contribution in [-0.4, -0.2) is 46.8 Å². The summed E-state index contributed by atoms with van der Waals surface area (Å²) in [5.41, 5.74) is -0.168. The normalized spacial score (nSPS) is 26.2. The average Bonchev–Trinajstić information content (AvgIpc) is 2.62. The number of hydrogen-bond donors (Lipinski definition) is 2. The van der Waals surface area contributed by atoms with Crippen LogP contribution < -0.4 is 5.32 Å². The summed E-state index contributed by atoms with van der Waals surface area (Å²) in [6.45, 7) is 12.5. The molecule has 1 fully saturated rings. The second-order valence-corrected chi connectivity index (χ2v) is 7.22. The molecule has 1 aliphatic heterocycles. The molecule has 0 aromatic heterocycles. The third-order valence-electron chi connectivity index (χ3n) is 4.69. The maximum absolute atomic E-state index is 9.78. The minimum absolute atomic E-state index is 0.168. The van der Waals surface area contributed by atoms with E-state index in [0.717, 1.165) is 12.5 Å². The molecule has 3 unspecified atom stereocenters. The Morgan fingerprint density at radius 1 is 1.25 bits per heavy atom. The van der Waals surface area contributed by atoms with Crippen molar-refractivity contribution in [1.29, 1.82) is 0 Å². The summed E-state index contributed by atoms with van der Waals surface area (Å²) in [4.78, 5) is 2.70. The summed E-state index contributed by atoms with van der Waals surface area (Å²) in [5, 5.41) is 13.3. The summed E-state index contributed by atoms with van der Waals surface area (Å²) in [5.74, 6) is 0. The van der Waals surface area contributed by atoms with E-state index < -0.39 is 0 Å². The van der Waals surface area contributed by atoms with Gasteiger partial charge in [-0.3, -0.25) is 4.90 Å². The second kappa shape index (κ2) is 8.35. The third-order valence-corrected chi connectivity index (χ3v) is 4.69. The lowest BCUT2D eigenvalue weighted by molar-refractivity contribution is 0.0833. The Kier molecular flexibility index (Phi) is 7.49. The minimum atomic E-state index is -0.168. The van der Waals surface area contributed by atoms with Crippen LogP contribution in [0.3, 0.4) is 0 Å². The van der Waals surface area contributed by atoms with Crippen LogP contribution >= 0.6 is 0 Å². The SMILES string of the molecule is CCC1CCCCCN1C(C)CC(C)(CO)NC(C)C. The van der Waals surface area contributed by atoms with Gasteiger partial charge in [-0.05, 0) is 46.1 Å². The van der Waals surface area contributed by atoms with Gasteiger partial charge in [0.2, 0.25) is 0 Å². The largest absolute Gasteiger partial charge is 0.394 e. The van der Waals surface area contributed by atoms with Crippen molar-refractivity contribution in [2.75, 3.05) is 13.2 Å². The number of hydrogen-bond acceptors (Lipinski definition) is 3. The first kappa shape index (κ1) is 17.9. The van der Waals surface area contributed by atoms with E-state index in [1.807, 2.05) is 0 Å². The number of aliphatic hydroxyl groups is 1. The van der Waals surface area contributed by atoms with Crippen molar-refractivity contribution in [2.24, 2.45) is 0 Å². The van der Waals surface area contributed by atoms with Crippen LogP contribution in [0.25, 0.3) is 0 Å². The topological polar surface area (TPSA) is 35.5 Å². The van der Waals surface area contributed by atoms with Crippen molar-refractivity contribution in [3.8, 4) is 0 Å². The van der Waals surface area contributed by atoms with Gasteiger partial charge in [0.05, 0.1) is 6.61 Å². The average molecular weight is 284 g/mol. The monoisotopic (exact) mass is 284 g/mol. The van der Waals surface area contributed by atoms with E-state index >= 15 is 0 Å². The lowest BCUT2D eigenvalue weighted by Gasteiger charge is -2.40. The summed E-state index contributed by atoms with van der Waals surface area (Å²) >= 11 is 0. The fourth-order valence-corrected chi connectivity index (χ4v) is 3.85. The summed E-state index contributed by atoms with van der Waals surface area (Å²) < 4.78 is 0. The molecule has 0 aromatic rings. The highest BCUT2D eigenvalue weighted by molar-refractivity contribution is 4.90. The van der Waals surface area contributed by atoms with E-state index in [4.69, 9.17) is 0 Å². The Labute approximate surface area is 126 Å². The number of aliphatic hydroxyl groups excluding tert-OH is 1. The summed E-state index contributed by atoms with van der Waals surface area (Å²) in [7, 11) is 0. The number of nitrogens with zero attached hydrogens (tertiary/aromatic N) is 1. The molecule has 20 heavy (non-hydrogen) atoms. The Bertz CT molecular complexity index is 270. The molecular formula is C17H36N2O.